The minimum atomic E-state index is 0.753. The van der Waals surface area contributed by atoms with Crippen molar-refractivity contribution in [3.63, 3.8) is 0 Å². The van der Waals surface area contributed by atoms with Crippen LogP contribution in [0.15, 0.2) is 16.8 Å². The number of rotatable bonds is 2. The van der Waals surface area contributed by atoms with Gasteiger partial charge in [-0.3, -0.25) is 0 Å². The molecule has 1 aromatic heterocycles. The standard InChI is InChI=1S/C8H12N2O/c1-3-9-6-7(1)5-8-2-4-10-11-8/h2,4,7,9H,1,3,5-6H2. The summed E-state index contributed by atoms with van der Waals surface area (Å²) in [6.07, 6.45) is 4.01. The van der Waals surface area contributed by atoms with Crippen LogP contribution in [0.25, 0.3) is 0 Å². The predicted molar refractivity (Wildman–Crippen MR) is 41.2 cm³/mol. The average molecular weight is 152 g/mol. The number of hydrogen-bond donors (Lipinski definition) is 1. The van der Waals surface area contributed by atoms with Gasteiger partial charge in [-0.05, 0) is 25.4 Å². The van der Waals surface area contributed by atoms with Gasteiger partial charge in [0.1, 0.15) is 5.76 Å². The van der Waals surface area contributed by atoms with Crippen molar-refractivity contribution in [3.05, 3.63) is 18.0 Å². The van der Waals surface area contributed by atoms with E-state index in [4.69, 9.17) is 4.52 Å². The molecule has 2 heterocycles. The lowest BCUT2D eigenvalue weighted by atomic mass is 10.0. The van der Waals surface area contributed by atoms with Crippen molar-refractivity contribution in [1.82, 2.24) is 10.5 Å². The summed E-state index contributed by atoms with van der Waals surface area (Å²) >= 11 is 0. The summed E-state index contributed by atoms with van der Waals surface area (Å²) in [7, 11) is 0. The van der Waals surface area contributed by atoms with Crippen LogP contribution in [0.3, 0.4) is 0 Å². The first kappa shape index (κ1) is 6.85. The van der Waals surface area contributed by atoms with E-state index in [2.05, 4.69) is 10.5 Å². The van der Waals surface area contributed by atoms with Crippen LogP contribution in [0.2, 0.25) is 0 Å². The van der Waals surface area contributed by atoms with Crippen molar-refractivity contribution < 1.29 is 4.52 Å². The molecule has 0 radical (unpaired) electrons. The molecular weight excluding hydrogens is 140 g/mol. The molecule has 1 unspecified atom stereocenters. The van der Waals surface area contributed by atoms with Gasteiger partial charge in [-0.1, -0.05) is 5.16 Å². The topological polar surface area (TPSA) is 38.1 Å². The average Bonchev–Trinajstić information content (AvgIpc) is 2.60. The summed E-state index contributed by atoms with van der Waals surface area (Å²) in [5.41, 5.74) is 0. The second-order valence-electron chi connectivity index (χ2n) is 3.04. The summed E-state index contributed by atoms with van der Waals surface area (Å²) in [4.78, 5) is 0. The van der Waals surface area contributed by atoms with Gasteiger partial charge in [0.15, 0.2) is 0 Å². The minimum absolute atomic E-state index is 0.753. The highest BCUT2D eigenvalue weighted by molar-refractivity contribution is 4.95. The summed E-state index contributed by atoms with van der Waals surface area (Å²) in [6, 6.07) is 1.94. The molecule has 60 valence electrons. The molecule has 0 saturated carbocycles. The van der Waals surface area contributed by atoms with Crippen molar-refractivity contribution in [2.75, 3.05) is 13.1 Å². The maximum absolute atomic E-state index is 5.02. The molecule has 2 rings (SSSR count). The lowest BCUT2D eigenvalue weighted by Crippen LogP contribution is -2.10. The first-order chi connectivity index (χ1) is 5.45. The van der Waals surface area contributed by atoms with Crippen molar-refractivity contribution in [3.8, 4) is 0 Å². The van der Waals surface area contributed by atoms with Crippen LogP contribution >= 0.6 is 0 Å². The zero-order valence-corrected chi connectivity index (χ0v) is 6.42. The molecule has 3 heteroatoms. The molecule has 0 amide bonds. The van der Waals surface area contributed by atoms with Crippen molar-refractivity contribution >= 4 is 0 Å². The summed E-state index contributed by atoms with van der Waals surface area (Å²) in [6.45, 7) is 2.28. The maximum atomic E-state index is 5.02. The summed E-state index contributed by atoms with van der Waals surface area (Å²) in [5.74, 6) is 1.77. The highest BCUT2D eigenvalue weighted by Gasteiger charge is 2.15. The van der Waals surface area contributed by atoms with Gasteiger partial charge in [0.05, 0.1) is 6.20 Å². The van der Waals surface area contributed by atoms with Gasteiger partial charge >= 0.3 is 0 Å². The lowest BCUT2D eigenvalue weighted by molar-refractivity contribution is 0.363. The fourth-order valence-electron chi connectivity index (χ4n) is 1.52. The molecule has 1 N–H and O–H groups in total. The highest BCUT2D eigenvalue weighted by Crippen LogP contribution is 2.13. The van der Waals surface area contributed by atoms with Crippen LogP contribution < -0.4 is 5.32 Å². The Labute approximate surface area is 65.8 Å². The monoisotopic (exact) mass is 152 g/mol. The van der Waals surface area contributed by atoms with Crippen LogP contribution in [-0.2, 0) is 6.42 Å². The fraction of sp³-hybridized carbons (Fsp3) is 0.625. The molecule has 11 heavy (non-hydrogen) atoms. The Bertz CT molecular complexity index is 202. The Morgan fingerprint density at radius 2 is 2.73 bits per heavy atom. The quantitative estimate of drug-likeness (QED) is 0.682. The van der Waals surface area contributed by atoms with E-state index in [-0.39, 0.29) is 0 Å². The second kappa shape index (κ2) is 3.05. The molecule has 0 spiro atoms. The normalized spacial score (nSPS) is 24.2. The maximum Gasteiger partial charge on any atom is 0.137 e. The smallest absolute Gasteiger partial charge is 0.137 e. The van der Waals surface area contributed by atoms with Gasteiger partial charge in [-0.25, -0.2) is 0 Å². The highest BCUT2D eigenvalue weighted by atomic mass is 16.5. The van der Waals surface area contributed by atoms with E-state index >= 15 is 0 Å². The van der Waals surface area contributed by atoms with E-state index in [9.17, 15) is 0 Å². The van der Waals surface area contributed by atoms with E-state index in [1.54, 1.807) is 6.20 Å². The fourth-order valence-corrected chi connectivity index (χ4v) is 1.52. The Hall–Kier alpha value is -0.830. The molecule has 1 fully saturated rings. The Kier molecular flexibility index (Phi) is 1.90. The second-order valence-corrected chi connectivity index (χ2v) is 3.04. The first-order valence-electron chi connectivity index (χ1n) is 4.05. The molecule has 1 aliphatic heterocycles. The SMILES string of the molecule is c1cc(CC2CCNC2)on1. The van der Waals surface area contributed by atoms with Crippen LogP contribution in [0, 0.1) is 5.92 Å². The predicted octanol–water partition coefficient (Wildman–Crippen LogP) is 0.827. The Balaban J connectivity index is 1.90. The number of hydrogen-bond acceptors (Lipinski definition) is 3. The van der Waals surface area contributed by atoms with Crippen LogP contribution in [0.1, 0.15) is 12.2 Å². The lowest BCUT2D eigenvalue weighted by Gasteiger charge is -2.02. The van der Waals surface area contributed by atoms with E-state index < -0.39 is 0 Å². The molecule has 1 aliphatic rings. The van der Waals surface area contributed by atoms with Crippen LogP contribution in [0.5, 0.6) is 0 Å². The number of nitrogens with zero attached hydrogens (tertiary/aromatic N) is 1. The van der Waals surface area contributed by atoms with Gasteiger partial charge in [-0.15, -0.1) is 0 Å². The molecule has 0 aromatic carbocycles. The molecular formula is C8H12N2O. The summed E-state index contributed by atoms with van der Waals surface area (Å²) in [5, 5.41) is 6.99. The zero-order chi connectivity index (χ0) is 7.52. The zero-order valence-electron chi connectivity index (χ0n) is 6.42. The van der Waals surface area contributed by atoms with Gasteiger partial charge in [-0.2, -0.15) is 0 Å². The van der Waals surface area contributed by atoms with Crippen molar-refractivity contribution in [2.45, 2.75) is 12.8 Å². The van der Waals surface area contributed by atoms with Crippen LogP contribution in [0.4, 0.5) is 0 Å². The minimum Gasteiger partial charge on any atom is -0.361 e. The third-order valence-electron chi connectivity index (χ3n) is 2.14. The molecule has 0 aliphatic carbocycles. The van der Waals surface area contributed by atoms with Gasteiger partial charge in [0, 0.05) is 12.5 Å². The number of aromatic nitrogens is 1. The third-order valence-corrected chi connectivity index (χ3v) is 2.14. The van der Waals surface area contributed by atoms with E-state index in [0.717, 1.165) is 31.2 Å². The molecule has 1 aromatic rings. The van der Waals surface area contributed by atoms with Crippen molar-refractivity contribution in [1.29, 1.82) is 0 Å². The van der Waals surface area contributed by atoms with E-state index in [1.807, 2.05) is 6.07 Å². The van der Waals surface area contributed by atoms with E-state index in [1.165, 1.54) is 6.42 Å². The van der Waals surface area contributed by atoms with Gasteiger partial charge < -0.3 is 9.84 Å². The molecule has 1 saturated heterocycles. The van der Waals surface area contributed by atoms with Crippen molar-refractivity contribution in [2.24, 2.45) is 5.92 Å². The largest absolute Gasteiger partial charge is 0.361 e. The Morgan fingerprint density at radius 1 is 1.73 bits per heavy atom. The number of nitrogens with one attached hydrogen (secondary N) is 1. The summed E-state index contributed by atoms with van der Waals surface area (Å²) < 4.78 is 5.02. The first-order valence-corrected chi connectivity index (χ1v) is 4.05. The molecule has 1 atom stereocenters. The van der Waals surface area contributed by atoms with Gasteiger partial charge in [0.2, 0.25) is 0 Å². The molecule has 3 nitrogen and oxygen atoms in total. The Morgan fingerprint density at radius 3 is 3.36 bits per heavy atom. The third kappa shape index (κ3) is 1.60. The van der Waals surface area contributed by atoms with Gasteiger partial charge in [0.25, 0.3) is 0 Å². The van der Waals surface area contributed by atoms with E-state index in [0.29, 0.717) is 0 Å². The van der Waals surface area contributed by atoms with Crippen LogP contribution in [-0.4, -0.2) is 18.2 Å². The molecule has 0 bridgehead atoms.